The third-order valence-electron chi connectivity index (χ3n) is 4.83. The number of aryl methyl sites for hydroxylation is 2. The highest BCUT2D eigenvalue weighted by Crippen LogP contribution is 2.36. The molecule has 0 aliphatic carbocycles. The number of anilines is 1. The maximum atomic E-state index is 12.3. The number of hydrogen-bond acceptors (Lipinski definition) is 6. The van der Waals surface area contributed by atoms with E-state index in [1.54, 1.807) is 25.6 Å². The number of carbonyl (C=O) groups is 1. The predicted octanol–water partition coefficient (Wildman–Crippen LogP) is 5.90. The van der Waals surface area contributed by atoms with Gasteiger partial charge in [0.2, 0.25) is 0 Å². The molecule has 7 nitrogen and oxygen atoms in total. The number of hydrogen-bond donors (Lipinski definition) is 1. The minimum Gasteiger partial charge on any atom is -0.496 e. The summed E-state index contributed by atoms with van der Waals surface area (Å²) in [7, 11) is 1.59. The Labute approximate surface area is 188 Å². The van der Waals surface area contributed by atoms with E-state index in [2.05, 4.69) is 22.2 Å². The summed E-state index contributed by atoms with van der Waals surface area (Å²) in [5.74, 6) is 0.646. The first-order valence-electron chi connectivity index (χ1n) is 9.67. The number of aromatic nitrogens is 3. The van der Waals surface area contributed by atoms with Crippen molar-refractivity contribution in [1.82, 2.24) is 14.5 Å². The van der Waals surface area contributed by atoms with Crippen molar-refractivity contribution >= 4 is 45.8 Å². The van der Waals surface area contributed by atoms with Gasteiger partial charge in [-0.15, -0.1) is 11.3 Å². The van der Waals surface area contributed by atoms with E-state index < -0.39 is 6.09 Å². The number of halogens is 1. The van der Waals surface area contributed by atoms with Crippen molar-refractivity contribution in [2.75, 3.05) is 12.4 Å². The van der Waals surface area contributed by atoms with Crippen LogP contribution in [0.1, 0.15) is 17.5 Å². The number of carbonyl (C=O) groups excluding carboxylic acids is 1. The van der Waals surface area contributed by atoms with Crippen LogP contribution in [0.25, 0.3) is 21.6 Å². The number of benzene rings is 2. The molecule has 0 radical (unpaired) electrons. The van der Waals surface area contributed by atoms with Crippen LogP contribution in [0, 0.1) is 6.92 Å². The Bertz CT molecular complexity index is 1250. The van der Waals surface area contributed by atoms with Crippen LogP contribution < -0.4 is 10.1 Å². The molecule has 0 saturated heterocycles. The summed E-state index contributed by atoms with van der Waals surface area (Å²) in [4.78, 5) is 22.1. The van der Waals surface area contributed by atoms with Crippen LogP contribution in [0.15, 0.2) is 42.7 Å². The van der Waals surface area contributed by atoms with Crippen LogP contribution in [0.2, 0.25) is 5.02 Å². The molecule has 4 rings (SSSR count). The average molecular weight is 457 g/mol. The number of imidazole rings is 1. The van der Waals surface area contributed by atoms with Gasteiger partial charge in [-0.1, -0.05) is 11.6 Å². The van der Waals surface area contributed by atoms with E-state index >= 15 is 0 Å². The first-order valence-corrected chi connectivity index (χ1v) is 10.9. The number of ether oxygens (including phenoxy) is 2. The van der Waals surface area contributed by atoms with Crippen molar-refractivity contribution in [2.24, 2.45) is 0 Å². The number of amides is 1. The van der Waals surface area contributed by atoms with Crippen molar-refractivity contribution in [1.29, 1.82) is 0 Å². The van der Waals surface area contributed by atoms with Crippen molar-refractivity contribution in [3.8, 4) is 16.3 Å². The Morgan fingerprint density at radius 1 is 1.26 bits per heavy atom. The second-order valence-corrected chi connectivity index (χ2v) is 8.33. The first-order chi connectivity index (χ1) is 15.0. The van der Waals surface area contributed by atoms with E-state index in [-0.39, 0.29) is 6.61 Å². The maximum Gasteiger partial charge on any atom is 0.411 e. The fraction of sp³-hybridized carbons (Fsp3) is 0.227. The molecule has 2 aromatic heterocycles. The van der Waals surface area contributed by atoms with Gasteiger partial charge in [0.1, 0.15) is 17.4 Å². The summed E-state index contributed by atoms with van der Waals surface area (Å²) in [6.07, 6.45) is 1.25. The Kier molecular flexibility index (Phi) is 6.11. The molecule has 2 heterocycles. The van der Waals surface area contributed by atoms with Gasteiger partial charge in [-0.25, -0.2) is 14.8 Å². The molecule has 2 aromatic carbocycles. The smallest absolute Gasteiger partial charge is 0.411 e. The van der Waals surface area contributed by atoms with Gasteiger partial charge in [0.25, 0.3) is 0 Å². The minimum atomic E-state index is -0.535. The van der Waals surface area contributed by atoms with Gasteiger partial charge in [0, 0.05) is 17.3 Å². The zero-order valence-electron chi connectivity index (χ0n) is 17.3. The van der Waals surface area contributed by atoms with Crippen LogP contribution >= 0.6 is 22.9 Å². The number of thiazole rings is 1. The van der Waals surface area contributed by atoms with Crippen molar-refractivity contribution in [2.45, 2.75) is 27.0 Å². The largest absolute Gasteiger partial charge is 0.496 e. The maximum absolute atomic E-state index is 12.3. The van der Waals surface area contributed by atoms with Crippen LogP contribution in [0.5, 0.6) is 5.75 Å². The van der Waals surface area contributed by atoms with Gasteiger partial charge in [0.15, 0.2) is 0 Å². The molecule has 160 valence electrons. The van der Waals surface area contributed by atoms with Crippen LogP contribution in [0.4, 0.5) is 10.5 Å². The highest BCUT2D eigenvalue weighted by Gasteiger charge is 2.15. The predicted molar refractivity (Wildman–Crippen MR) is 123 cm³/mol. The first kappa shape index (κ1) is 21.1. The van der Waals surface area contributed by atoms with E-state index in [9.17, 15) is 4.79 Å². The molecule has 0 spiro atoms. The molecule has 0 fully saturated rings. The molecule has 1 amide bonds. The zero-order valence-corrected chi connectivity index (χ0v) is 18.9. The molecule has 0 unspecified atom stereocenters. The molecular weight excluding hydrogens is 436 g/mol. The fourth-order valence-corrected chi connectivity index (χ4v) is 4.37. The zero-order chi connectivity index (χ0) is 22.0. The second-order valence-electron chi connectivity index (χ2n) is 6.81. The van der Waals surface area contributed by atoms with E-state index in [4.69, 9.17) is 21.1 Å². The van der Waals surface area contributed by atoms with Crippen LogP contribution in [0.3, 0.4) is 0 Å². The monoisotopic (exact) mass is 456 g/mol. The lowest BCUT2D eigenvalue weighted by Crippen LogP contribution is -2.13. The van der Waals surface area contributed by atoms with Gasteiger partial charge in [0.05, 0.1) is 40.6 Å². The summed E-state index contributed by atoms with van der Waals surface area (Å²) in [6.45, 7) is 4.90. The van der Waals surface area contributed by atoms with Gasteiger partial charge < -0.3 is 14.0 Å². The number of methoxy groups -OCH3 is 1. The number of nitrogens with zero attached hydrogens (tertiary/aromatic N) is 3. The molecule has 1 N–H and O–H groups in total. The van der Waals surface area contributed by atoms with Crippen LogP contribution in [-0.2, 0) is 17.9 Å². The third-order valence-corrected chi connectivity index (χ3v) is 6.23. The molecule has 0 bridgehead atoms. The van der Waals surface area contributed by atoms with Gasteiger partial charge >= 0.3 is 6.09 Å². The second kappa shape index (κ2) is 8.95. The Hall–Kier alpha value is -3.10. The summed E-state index contributed by atoms with van der Waals surface area (Å²) in [6, 6.07) is 11.0. The Morgan fingerprint density at radius 2 is 2.10 bits per heavy atom. The van der Waals surface area contributed by atoms with Gasteiger partial charge in [-0.2, -0.15) is 0 Å². The fourth-order valence-electron chi connectivity index (χ4n) is 3.20. The van der Waals surface area contributed by atoms with E-state index in [0.717, 1.165) is 38.7 Å². The van der Waals surface area contributed by atoms with Crippen LogP contribution in [-0.4, -0.2) is 27.7 Å². The lowest BCUT2D eigenvalue weighted by atomic mass is 10.2. The lowest BCUT2D eigenvalue weighted by Gasteiger charge is -2.07. The normalized spacial score (nSPS) is 11.0. The molecule has 0 saturated carbocycles. The number of rotatable bonds is 6. The van der Waals surface area contributed by atoms with E-state index in [0.29, 0.717) is 16.5 Å². The number of fused-ring (bicyclic) bond motifs is 1. The standard InChI is InChI=1S/C22H21ClN4O3S/c1-4-27-12-24-17-10-15(6-8-18(17)27)26-22(28)30-11-20-13(2)25-21(31-20)16-7-5-14(23)9-19(16)29-3/h5-10,12H,4,11H2,1-3H3,(H,26,28). The minimum absolute atomic E-state index is 0.123. The SMILES string of the molecule is CCn1cnc2cc(NC(=O)OCc3sc(-c4ccc(Cl)cc4OC)nc3C)ccc21. The molecule has 4 aromatic rings. The topological polar surface area (TPSA) is 78.3 Å². The van der Waals surface area contributed by atoms with Gasteiger partial charge in [-0.05, 0) is 50.2 Å². The third kappa shape index (κ3) is 4.50. The van der Waals surface area contributed by atoms with Crippen molar-refractivity contribution in [3.05, 3.63) is 58.3 Å². The molecule has 31 heavy (non-hydrogen) atoms. The molecule has 9 heteroatoms. The Balaban J connectivity index is 1.43. The summed E-state index contributed by atoms with van der Waals surface area (Å²) in [5.41, 5.74) is 4.12. The summed E-state index contributed by atoms with van der Waals surface area (Å²) >= 11 is 7.50. The molecule has 0 aliphatic rings. The highest BCUT2D eigenvalue weighted by atomic mass is 35.5. The van der Waals surface area contributed by atoms with Crippen molar-refractivity contribution < 1.29 is 14.3 Å². The molecule has 0 atom stereocenters. The highest BCUT2D eigenvalue weighted by molar-refractivity contribution is 7.15. The summed E-state index contributed by atoms with van der Waals surface area (Å²) in [5, 5.41) is 4.12. The molecular formula is C22H21ClN4O3S. The quantitative estimate of drug-likeness (QED) is 0.391. The molecule has 0 aliphatic heterocycles. The lowest BCUT2D eigenvalue weighted by molar-refractivity contribution is 0.156. The van der Waals surface area contributed by atoms with E-state index in [1.165, 1.54) is 11.3 Å². The summed E-state index contributed by atoms with van der Waals surface area (Å²) < 4.78 is 12.9. The Morgan fingerprint density at radius 3 is 2.87 bits per heavy atom. The van der Waals surface area contributed by atoms with E-state index in [1.807, 2.05) is 35.8 Å². The van der Waals surface area contributed by atoms with Gasteiger partial charge in [-0.3, -0.25) is 5.32 Å². The van der Waals surface area contributed by atoms with Crippen molar-refractivity contribution in [3.63, 3.8) is 0 Å². The average Bonchev–Trinajstić information content (AvgIpc) is 3.34. The number of nitrogens with one attached hydrogen (secondary N) is 1.